The summed E-state index contributed by atoms with van der Waals surface area (Å²) in [7, 11) is 1.69. The molecule has 1 aliphatic heterocycles. The Balaban J connectivity index is 2.03. The van der Waals surface area contributed by atoms with E-state index in [1.165, 1.54) is 25.1 Å². The van der Waals surface area contributed by atoms with Crippen LogP contribution in [0.25, 0.3) is 5.65 Å². The first-order chi connectivity index (χ1) is 8.83. The van der Waals surface area contributed by atoms with Crippen LogP contribution in [0.5, 0.6) is 5.75 Å². The van der Waals surface area contributed by atoms with Crippen molar-refractivity contribution < 1.29 is 4.74 Å². The Morgan fingerprint density at radius 1 is 1.50 bits per heavy atom. The fraction of sp³-hybridized carbons (Fsp3) is 0.500. The van der Waals surface area contributed by atoms with Gasteiger partial charge in [-0.2, -0.15) is 0 Å². The average Bonchev–Trinajstić information content (AvgIpc) is 3.03. The van der Waals surface area contributed by atoms with Crippen LogP contribution in [0.3, 0.4) is 0 Å². The van der Waals surface area contributed by atoms with Crippen LogP contribution in [-0.2, 0) is 0 Å². The molecule has 4 nitrogen and oxygen atoms in total. The highest BCUT2D eigenvalue weighted by molar-refractivity contribution is 5.54. The van der Waals surface area contributed by atoms with Crippen molar-refractivity contribution in [3.63, 3.8) is 0 Å². The van der Waals surface area contributed by atoms with Crippen molar-refractivity contribution >= 4 is 5.65 Å². The number of hydrogen-bond acceptors (Lipinski definition) is 3. The Morgan fingerprint density at radius 3 is 3.17 bits per heavy atom. The molecule has 0 aromatic carbocycles. The highest BCUT2D eigenvalue weighted by atomic mass is 16.5. The molecule has 4 heteroatoms. The van der Waals surface area contributed by atoms with Gasteiger partial charge in [-0.1, -0.05) is 6.92 Å². The molecular formula is C14H19N3O. The zero-order valence-corrected chi connectivity index (χ0v) is 11.0. The maximum atomic E-state index is 5.36. The number of hydrogen-bond donors (Lipinski definition) is 0. The van der Waals surface area contributed by atoms with Gasteiger partial charge in [0.1, 0.15) is 0 Å². The first-order valence-corrected chi connectivity index (χ1v) is 6.59. The van der Waals surface area contributed by atoms with E-state index in [0.717, 1.165) is 17.9 Å². The maximum Gasteiger partial charge on any atom is 0.179 e. The smallest absolute Gasteiger partial charge is 0.179 e. The van der Waals surface area contributed by atoms with E-state index in [-0.39, 0.29) is 0 Å². The van der Waals surface area contributed by atoms with Crippen LogP contribution in [0.15, 0.2) is 24.5 Å². The molecule has 3 heterocycles. The molecule has 1 saturated heterocycles. The predicted molar refractivity (Wildman–Crippen MR) is 71.0 cm³/mol. The molecule has 0 spiro atoms. The van der Waals surface area contributed by atoms with Gasteiger partial charge in [0.15, 0.2) is 11.4 Å². The highest BCUT2D eigenvalue weighted by Gasteiger charge is 2.26. The van der Waals surface area contributed by atoms with Crippen LogP contribution >= 0.6 is 0 Å². The summed E-state index contributed by atoms with van der Waals surface area (Å²) in [5, 5.41) is 0. The highest BCUT2D eigenvalue weighted by Crippen LogP contribution is 2.32. The summed E-state index contributed by atoms with van der Waals surface area (Å²) >= 11 is 0. The number of methoxy groups -OCH3 is 1. The number of pyridine rings is 1. The predicted octanol–water partition coefficient (Wildman–Crippen LogP) is 2.50. The molecule has 0 saturated carbocycles. The Hall–Kier alpha value is -1.55. The minimum absolute atomic E-state index is 0.472. The number of ether oxygens (including phenoxy) is 1. The van der Waals surface area contributed by atoms with E-state index in [0.29, 0.717) is 6.04 Å². The lowest BCUT2D eigenvalue weighted by atomic mass is 10.1. The molecular weight excluding hydrogens is 226 g/mol. The Morgan fingerprint density at radius 2 is 2.39 bits per heavy atom. The van der Waals surface area contributed by atoms with Gasteiger partial charge in [0.05, 0.1) is 18.8 Å². The van der Waals surface area contributed by atoms with Gasteiger partial charge in [0.25, 0.3) is 0 Å². The zero-order valence-electron chi connectivity index (χ0n) is 11.0. The lowest BCUT2D eigenvalue weighted by molar-refractivity contribution is 0.267. The minimum atomic E-state index is 0.472. The van der Waals surface area contributed by atoms with Gasteiger partial charge in [-0.15, -0.1) is 0 Å². The van der Waals surface area contributed by atoms with E-state index in [4.69, 9.17) is 9.72 Å². The SMILES string of the molecule is CCN1CCCC1c1cn2cccc(OC)c2n1. The summed E-state index contributed by atoms with van der Waals surface area (Å²) in [6, 6.07) is 4.42. The monoisotopic (exact) mass is 245 g/mol. The van der Waals surface area contributed by atoms with Crippen LogP contribution in [0, 0.1) is 0 Å². The van der Waals surface area contributed by atoms with E-state index in [1.54, 1.807) is 7.11 Å². The van der Waals surface area contributed by atoms with Crippen LogP contribution in [-0.4, -0.2) is 34.5 Å². The summed E-state index contributed by atoms with van der Waals surface area (Å²) in [6.45, 7) is 4.50. The van der Waals surface area contributed by atoms with Gasteiger partial charge < -0.3 is 9.14 Å². The van der Waals surface area contributed by atoms with Gasteiger partial charge in [0.2, 0.25) is 0 Å². The van der Waals surface area contributed by atoms with Crippen molar-refractivity contribution in [2.75, 3.05) is 20.2 Å². The number of nitrogens with zero attached hydrogens (tertiary/aromatic N) is 3. The van der Waals surface area contributed by atoms with Crippen molar-refractivity contribution in [1.29, 1.82) is 0 Å². The fourth-order valence-electron chi connectivity index (χ4n) is 2.87. The number of likely N-dealkylation sites (tertiary alicyclic amines) is 1. The summed E-state index contributed by atoms with van der Waals surface area (Å²) in [4.78, 5) is 7.25. The van der Waals surface area contributed by atoms with E-state index in [2.05, 4.69) is 22.4 Å². The standard InChI is InChI=1S/C14H19N3O/c1-3-16-8-4-6-12(16)11-10-17-9-5-7-13(18-2)14(17)15-11/h5,7,9-10,12H,3-4,6,8H2,1-2H3. The van der Waals surface area contributed by atoms with Gasteiger partial charge in [-0.3, -0.25) is 4.90 Å². The molecule has 0 radical (unpaired) electrons. The van der Waals surface area contributed by atoms with E-state index >= 15 is 0 Å². The lowest BCUT2D eigenvalue weighted by Crippen LogP contribution is -2.22. The molecule has 2 aromatic rings. The Kier molecular flexibility index (Phi) is 2.96. The molecule has 3 rings (SSSR count). The molecule has 1 aliphatic rings. The quantitative estimate of drug-likeness (QED) is 0.832. The molecule has 0 aliphatic carbocycles. The molecule has 1 unspecified atom stereocenters. The number of aromatic nitrogens is 2. The molecule has 0 amide bonds. The Bertz CT molecular complexity index is 549. The second-order valence-corrected chi connectivity index (χ2v) is 4.76. The van der Waals surface area contributed by atoms with Crippen molar-refractivity contribution in [3.8, 4) is 5.75 Å². The van der Waals surface area contributed by atoms with Crippen molar-refractivity contribution in [2.45, 2.75) is 25.8 Å². The largest absolute Gasteiger partial charge is 0.493 e. The van der Waals surface area contributed by atoms with Gasteiger partial charge in [-0.25, -0.2) is 4.98 Å². The van der Waals surface area contributed by atoms with Crippen LogP contribution in [0.4, 0.5) is 0 Å². The van der Waals surface area contributed by atoms with E-state index < -0.39 is 0 Å². The third-order valence-electron chi connectivity index (χ3n) is 3.80. The molecule has 1 atom stereocenters. The first kappa shape index (κ1) is 11.5. The lowest BCUT2D eigenvalue weighted by Gasteiger charge is -2.20. The number of imidazole rings is 1. The van der Waals surface area contributed by atoms with Crippen LogP contribution < -0.4 is 4.74 Å². The second kappa shape index (κ2) is 4.61. The summed E-state index contributed by atoms with van der Waals surface area (Å²) in [5.41, 5.74) is 2.08. The second-order valence-electron chi connectivity index (χ2n) is 4.76. The first-order valence-electron chi connectivity index (χ1n) is 6.59. The summed E-state index contributed by atoms with van der Waals surface area (Å²) < 4.78 is 7.42. The topological polar surface area (TPSA) is 29.8 Å². The molecule has 1 fully saturated rings. The van der Waals surface area contributed by atoms with Crippen molar-refractivity contribution in [1.82, 2.24) is 14.3 Å². The summed E-state index contributed by atoms with van der Waals surface area (Å²) in [5.74, 6) is 0.838. The van der Waals surface area contributed by atoms with Crippen molar-refractivity contribution in [2.24, 2.45) is 0 Å². The summed E-state index contributed by atoms with van der Waals surface area (Å²) in [6.07, 6.45) is 6.64. The molecule has 96 valence electrons. The number of fused-ring (bicyclic) bond motifs is 1. The Labute approximate surface area is 107 Å². The van der Waals surface area contributed by atoms with E-state index in [1.807, 2.05) is 18.3 Å². The normalized spacial score (nSPS) is 20.7. The van der Waals surface area contributed by atoms with Crippen LogP contribution in [0.2, 0.25) is 0 Å². The van der Waals surface area contributed by atoms with Gasteiger partial charge in [0, 0.05) is 12.4 Å². The van der Waals surface area contributed by atoms with Gasteiger partial charge >= 0.3 is 0 Å². The zero-order chi connectivity index (χ0) is 12.5. The molecule has 0 bridgehead atoms. The van der Waals surface area contributed by atoms with Gasteiger partial charge in [-0.05, 0) is 38.1 Å². The fourth-order valence-corrected chi connectivity index (χ4v) is 2.87. The molecule has 0 N–H and O–H groups in total. The van der Waals surface area contributed by atoms with E-state index in [9.17, 15) is 0 Å². The molecule has 18 heavy (non-hydrogen) atoms. The molecule has 2 aromatic heterocycles. The average molecular weight is 245 g/mol. The third kappa shape index (κ3) is 1.77. The third-order valence-corrected chi connectivity index (χ3v) is 3.80. The van der Waals surface area contributed by atoms with Crippen LogP contribution in [0.1, 0.15) is 31.5 Å². The maximum absolute atomic E-state index is 5.36. The minimum Gasteiger partial charge on any atom is -0.493 e. The van der Waals surface area contributed by atoms with Crippen molar-refractivity contribution in [3.05, 3.63) is 30.2 Å². The number of rotatable bonds is 3.